The third-order valence-electron chi connectivity index (χ3n) is 2.96. The Morgan fingerprint density at radius 1 is 0.818 bits per heavy atom. The van der Waals surface area contributed by atoms with Gasteiger partial charge in [0.1, 0.15) is 5.78 Å². The molecule has 118 valence electrons. The summed E-state index contributed by atoms with van der Waals surface area (Å²) in [6.07, 6.45) is -0.0615. The van der Waals surface area contributed by atoms with Crippen LogP contribution in [0, 0.1) is 0 Å². The van der Waals surface area contributed by atoms with Crippen LogP contribution in [0.15, 0.2) is 84.9 Å². The van der Waals surface area contributed by atoms with Gasteiger partial charge in [0.25, 0.3) is 0 Å². The van der Waals surface area contributed by atoms with E-state index in [1.165, 1.54) is 0 Å². The number of hydrogen-bond donors (Lipinski definition) is 0. The van der Waals surface area contributed by atoms with Gasteiger partial charge in [-0.3, -0.25) is 4.79 Å². The summed E-state index contributed by atoms with van der Waals surface area (Å²) in [5, 5.41) is 0. The van der Waals surface area contributed by atoms with Crippen molar-refractivity contribution in [1.82, 2.24) is 0 Å². The van der Waals surface area contributed by atoms with Crippen molar-refractivity contribution in [3.63, 3.8) is 0 Å². The van der Waals surface area contributed by atoms with Crippen LogP contribution in [-0.4, -0.2) is 11.6 Å². The molecule has 0 aromatic heterocycles. The monoisotopic (exact) mass is 332 g/mol. The molecular weight excluding hydrogens is 316 g/mol. The SMILES string of the molecule is O=C(CC(=O)[c-]1cccc1)c1ccccc1.[Fe].[cH-]1[cH-][cH-][cH-][cH-]1. The van der Waals surface area contributed by atoms with Crippen LogP contribution in [-0.2, 0) is 17.1 Å². The fraction of sp³-hybridized carbons (Fsp3) is 0.0526. The van der Waals surface area contributed by atoms with E-state index in [0.717, 1.165) is 0 Å². The van der Waals surface area contributed by atoms with Crippen molar-refractivity contribution in [1.29, 1.82) is 0 Å². The van der Waals surface area contributed by atoms with Gasteiger partial charge in [-0.05, 0) is 0 Å². The van der Waals surface area contributed by atoms with Crippen LogP contribution in [0.5, 0.6) is 0 Å². The molecular formula is C19H16FeO2-6. The largest absolute Gasteiger partial charge is 0.748 e. The number of carbonyl (C=O) groups is 2. The first-order chi connectivity index (χ1) is 10.3. The number of benzene rings is 1. The second-order valence-electron chi connectivity index (χ2n) is 4.52. The van der Waals surface area contributed by atoms with E-state index in [4.69, 9.17) is 0 Å². The molecule has 3 aromatic rings. The molecule has 0 atom stereocenters. The summed E-state index contributed by atoms with van der Waals surface area (Å²) in [7, 11) is 0. The Morgan fingerprint density at radius 2 is 1.32 bits per heavy atom. The number of Topliss-reactive ketones (excluding diaryl/α,β-unsaturated/α-hetero) is 2. The van der Waals surface area contributed by atoms with Gasteiger partial charge in [0.15, 0.2) is 5.78 Å². The van der Waals surface area contributed by atoms with Crippen LogP contribution in [0.4, 0.5) is 0 Å². The maximum Gasteiger partial charge on any atom is 0.169 e. The standard InChI is InChI=1S/C14H11O2.C5H5.Fe/c15-13(11-6-2-1-3-7-11)10-14(16)12-8-4-5-9-12;1-2-4-5-3-1;/h1-9H,10H2;1-5H;/q-1;-5;. The Hall–Kier alpha value is -2.22. The fourth-order valence-electron chi connectivity index (χ4n) is 1.85. The van der Waals surface area contributed by atoms with Gasteiger partial charge in [-0.15, -0.1) is 0 Å². The molecule has 0 unspecified atom stereocenters. The zero-order valence-corrected chi connectivity index (χ0v) is 13.1. The summed E-state index contributed by atoms with van der Waals surface area (Å²) in [6.45, 7) is 0. The molecule has 0 radical (unpaired) electrons. The molecule has 2 nitrogen and oxygen atoms in total. The van der Waals surface area contributed by atoms with E-state index in [2.05, 4.69) is 0 Å². The number of rotatable bonds is 4. The molecule has 0 saturated carbocycles. The van der Waals surface area contributed by atoms with Crippen molar-refractivity contribution in [3.05, 3.63) is 96.1 Å². The summed E-state index contributed by atoms with van der Waals surface area (Å²) in [6, 6.07) is 25.9. The molecule has 3 rings (SSSR count). The molecule has 0 fully saturated rings. The minimum absolute atomic E-state index is 0. The average molecular weight is 332 g/mol. The first-order valence-electron chi connectivity index (χ1n) is 6.77. The molecule has 0 N–H and O–H groups in total. The minimum atomic E-state index is -0.133. The molecule has 0 saturated heterocycles. The molecule has 0 amide bonds. The smallest absolute Gasteiger partial charge is 0.169 e. The van der Waals surface area contributed by atoms with Crippen LogP contribution in [0.1, 0.15) is 27.1 Å². The molecule has 0 bridgehead atoms. The quantitative estimate of drug-likeness (QED) is 0.310. The van der Waals surface area contributed by atoms with Gasteiger partial charge in [0, 0.05) is 22.6 Å². The predicted octanol–water partition coefficient (Wildman–Crippen LogP) is 4.26. The molecule has 0 aliphatic heterocycles. The van der Waals surface area contributed by atoms with Gasteiger partial charge in [-0.25, -0.2) is 12.1 Å². The van der Waals surface area contributed by atoms with Gasteiger partial charge >= 0.3 is 0 Å². The molecule has 0 heterocycles. The Kier molecular flexibility index (Phi) is 7.84. The van der Waals surface area contributed by atoms with Crippen molar-refractivity contribution < 1.29 is 26.7 Å². The van der Waals surface area contributed by atoms with E-state index in [0.29, 0.717) is 11.1 Å². The van der Waals surface area contributed by atoms with Gasteiger partial charge in [-0.1, -0.05) is 35.9 Å². The van der Waals surface area contributed by atoms with Crippen LogP contribution in [0.3, 0.4) is 0 Å². The Balaban J connectivity index is 0.000000344. The Morgan fingerprint density at radius 3 is 1.82 bits per heavy atom. The van der Waals surface area contributed by atoms with Crippen LogP contribution < -0.4 is 0 Å². The van der Waals surface area contributed by atoms with Gasteiger partial charge in [-0.2, -0.15) is 12.1 Å². The normalized spacial score (nSPS) is 9.09. The summed E-state index contributed by atoms with van der Waals surface area (Å²) in [5.74, 6) is -0.259. The van der Waals surface area contributed by atoms with E-state index >= 15 is 0 Å². The van der Waals surface area contributed by atoms with E-state index in [9.17, 15) is 9.59 Å². The van der Waals surface area contributed by atoms with Crippen molar-refractivity contribution in [2.24, 2.45) is 0 Å². The second kappa shape index (κ2) is 9.67. The third kappa shape index (κ3) is 5.64. The second-order valence-corrected chi connectivity index (χ2v) is 4.52. The molecule has 0 spiro atoms. The van der Waals surface area contributed by atoms with Gasteiger partial charge in [0.2, 0.25) is 0 Å². The van der Waals surface area contributed by atoms with Gasteiger partial charge < -0.3 is 35.1 Å². The van der Waals surface area contributed by atoms with Gasteiger partial charge in [0.05, 0.1) is 6.42 Å². The van der Waals surface area contributed by atoms with Crippen molar-refractivity contribution in [2.75, 3.05) is 0 Å². The topological polar surface area (TPSA) is 34.1 Å². The Labute approximate surface area is 141 Å². The molecule has 0 aliphatic rings. The molecule has 3 aromatic carbocycles. The summed E-state index contributed by atoms with van der Waals surface area (Å²) in [4.78, 5) is 23.4. The van der Waals surface area contributed by atoms with E-state index in [-0.39, 0.29) is 35.1 Å². The zero-order valence-electron chi connectivity index (χ0n) is 12.0. The van der Waals surface area contributed by atoms with Crippen LogP contribution >= 0.6 is 0 Å². The van der Waals surface area contributed by atoms with E-state index < -0.39 is 0 Å². The number of carbonyl (C=O) groups excluding carboxylic acids is 2. The van der Waals surface area contributed by atoms with Crippen molar-refractivity contribution >= 4 is 11.6 Å². The fourth-order valence-corrected chi connectivity index (χ4v) is 1.85. The first kappa shape index (κ1) is 17.8. The number of ketones is 2. The first-order valence-corrected chi connectivity index (χ1v) is 6.77. The van der Waals surface area contributed by atoms with Crippen molar-refractivity contribution in [3.8, 4) is 0 Å². The predicted molar refractivity (Wildman–Crippen MR) is 83.8 cm³/mol. The number of hydrogen-bond acceptors (Lipinski definition) is 2. The molecule has 22 heavy (non-hydrogen) atoms. The van der Waals surface area contributed by atoms with Crippen LogP contribution in [0.25, 0.3) is 0 Å². The molecule has 3 heteroatoms. The molecule has 0 aliphatic carbocycles. The van der Waals surface area contributed by atoms with E-state index in [1.54, 1.807) is 48.5 Å². The third-order valence-corrected chi connectivity index (χ3v) is 2.96. The van der Waals surface area contributed by atoms with E-state index in [1.807, 2.05) is 36.4 Å². The summed E-state index contributed by atoms with van der Waals surface area (Å²) >= 11 is 0. The maximum absolute atomic E-state index is 11.7. The Bertz CT molecular complexity index is 636. The van der Waals surface area contributed by atoms with Crippen LogP contribution in [0.2, 0.25) is 0 Å². The summed E-state index contributed by atoms with van der Waals surface area (Å²) < 4.78 is 0. The summed E-state index contributed by atoms with van der Waals surface area (Å²) in [5.41, 5.74) is 1.19. The zero-order chi connectivity index (χ0) is 14.9. The van der Waals surface area contributed by atoms with Crippen molar-refractivity contribution in [2.45, 2.75) is 6.42 Å². The average Bonchev–Trinajstić information content (AvgIpc) is 3.23. The maximum atomic E-state index is 11.7. The minimum Gasteiger partial charge on any atom is -0.748 e.